The molecule has 0 spiro atoms. The molecule has 2 unspecified atom stereocenters. The van der Waals surface area contributed by atoms with Gasteiger partial charge in [-0.25, -0.2) is 0 Å². The Hall–Kier alpha value is -0.120. The van der Waals surface area contributed by atoms with E-state index in [2.05, 4.69) is 37.9 Å². The second-order valence-corrected chi connectivity index (χ2v) is 6.30. The van der Waals surface area contributed by atoms with E-state index in [0.29, 0.717) is 6.04 Å². The van der Waals surface area contributed by atoms with Crippen LogP contribution < -0.4 is 5.32 Å². The van der Waals surface area contributed by atoms with E-state index in [9.17, 15) is 0 Å². The number of nitrogens with one attached hydrogen (secondary N) is 1. The van der Waals surface area contributed by atoms with Crippen LogP contribution >= 0.6 is 0 Å². The summed E-state index contributed by atoms with van der Waals surface area (Å²) in [5.41, 5.74) is 0. The molecule has 1 heterocycles. The Labute approximate surface area is 113 Å². The average Bonchev–Trinajstić information content (AvgIpc) is 2.30. The lowest BCUT2D eigenvalue weighted by Gasteiger charge is -2.31. The quantitative estimate of drug-likeness (QED) is 0.738. The van der Waals surface area contributed by atoms with Crippen LogP contribution in [0.5, 0.6) is 0 Å². The summed E-state index contributed by atoms with van der Waals surface area (Å²) in [5.74, 6) is 1.49. The van der Waals surface area contributed by atoms with Gasteiger partial charge in [0.1, 0.15) is 0 Å². The van der Waals surface area contributed by atoms with Gasteiger partial charge in [-0.05, 0) is 44.7 Å². The van der Waals surface area contributed by atoms with Crippen LogP contribution in [0, 0.1) is 11.8 Å². The van der Waals surface area contributed by atoms with Gasteiger partial charge < -0.3 is 15.0 Å². The fourth-order valence-electron chi connectivity index (χ4n) is 2.30. The average molecular weight is 256 g/mol. The molecule has 0 radical (unpaired) electrons. The smallest absolute Gasteiger partial charge is 0.0593 e. The third kappa shape index (κ3) is 7.34. The summed E-state index contributed by atoms with van der Waals surface area (Å²) in [5, 5.41) is 3.59. The van der Waals surface area contributed by atoms with E-state index in [-0.39, 0.29) is 0 Å². The summed E-state index contributed by atoms with van der Waals surface area (Å²) in [4.78, 5) is 2.57. The van der Waals surface area contributed by atoms with Gasteiger partial charge in [0.15, 0.2) is 0 Å². The van der Waals surface area contributed by atoms with Crippen LogP contribution in [0.15, 0.2) is 0 Å². The van der Waals surface area contributed by atoms with Crippen LogP contribution in [-0.4, -0.2) is 50.3 Å². The fraction of sp³-hybridized carbons (Fsp3) is 1.00. The summed E-state index contributed by atoms with van der Waals surface area (Å²) in [7, 11) is 0. The van der Waals surface area contributed by atoms with Crippen molar-refractivity contribution in [3.8, 4) is 0 Å². The first-order chi connectivity index (χ1) is 8.58. The Kier molecular flexibility index (Phi) is 7.87. The molecular weight excluding hydrogens is 224 g/mol. The first-order valence-electron chi connectivity index (χ1n) is 7.61. The van der Waals surface area contributed by atoms with Gasteiger partial charge in [0.25, 0.3) is 0 Å². The predicted molar refractivity (Wildman–Crippen MR) is 78.0 cm³/mol. The molecule has 0 aromatic carbocycles. The lowest BCUT2D eigenvalue weighted by Crippen LogP contribution is -2.43. The Morgan fingerprint density at radius 1 is 1.28 bits per heavy atom. The molecule has 1 aliphatic heterocycles. The van der Waals surface area contributed by atoms with Crippen molar-refractivity contribution in [2.24, 2.45) is 11.8 Å². The van der Waals surface area contributed by atoms with Crippen molar-refractivity contribution in [1.29, 1.82) is 0 Å². The van der Waals surface area contributed by atoms with Crippen molar-refractivity contribution in [3.63, 3.8) is 0 Å². The summed E-state index contributed by atoms with van der Waals surface area (Å²) >= 11 is 0. The zero-order valence-corrected chi connectivity index (χ0v) is 12.7. The first kappa shape index (κ1) is 15.9. The van der Waals surface area contributed by atoms with Crippen molar-refractivity contribution in [2.75, 3.05) is 39.4 Å². The Balaban J connectivity index is 2.14. The highest BCUT2D eigenvalue weighted by Crippen LogP contribution is 2.07. The van der Waals surface area contributed by atoms with E-state index in [1.54, 1.807) is 0 Å². The number of hydrogen-bond donors (Lipinski definition) is 1. The van der Waals surface area contributed by atoms with Gasteiger partial charge in [-0.2, -0.15) is 0 Å². The van der Waals surface area contributed by atoms with Gasteiger partial charge in [0, 0.05) is 25.7 Å². The molecule has 1 fully saturated rings. The molecule has 3 heteroatoms. The number of hydrogen-bond acceptors (Lipinski definition) is 3. The van der Waals surface area contributed by atoms with Crippen LogP contribution in [0.4, 0.5) is 0 Å². The SMILES string of the molecule is CC(C)CCOCCN1CCC(C)NCC(C)C1. The maximum absolute atomic E-state index is 5.72. The van der Waals surface area contributed by atoms with Gasteiger partial charge in [0.2, 0.25) is 0 Å². The molecular formula is C15H32N2O. The molecule has 108 valence electrons. The highest BCUT2D eigenvalue weighted by atomic mass is 16.5. The van der Waals surface area contributed by atoms with E-state index in [1.807, 2.05) is 0 Å². The molecule has 0 bridgehead atoms. The number of nitrogens with zero attached hydrogens (tertiary/aromatic N) is 1. The zero-order valence-electron chi connectivity index (χ0n) is 12.7. The van der Waals surface area contributed by atoms with Crippen LogP contribution in [0.2, 0.25) is 0 Å². The molecule has 1 aliphatic rings. The van der Waals surface area contributed by atoms with Crippen molar-refractivity contribution in [1.82, 2.24) is 10.2 Å². The number of ether oxygens (including phenoxy) is 1. The standard InChI is InChI=1S/C15H32N2O/c1-13(2)6-9-18-10-8-17-7-5-15(4)16-11-14(3)12-17/h13-16H,5-12H2,1-4H3. The Morgan fingerprint density at radius 3 is 2.78 bits per heavy atom. The minimum absolute atomic E-state index is 0.650. The topological polar surface area (TPSA) is 24.5 Å². The molecule has 1 N–H and O–H groups in total. The summed E-state index contributed by atoms with van der Waals surface area (Å²) in [6.07, 6.45) is 2.43. The van der Waals surface area contributed by atoms with E-state index in [4.69, 9.17) is 4.74 Å². The zero-order chi connectivity index (χ0) is 13.4. The Bertz CT molecular complexity index is 209. The van der Waals surface area contributed by atoms with Crippen molar-refractivity contribution in [2.45, 2.75) is 46.6 Å². The van der Waals surface area contributed by atoms with Crippen LogP contribution in [0.1, 0.15) is 40.5 Å². The molecule has 0 aromatic rings. The summed E-state index contributed by atoms with van der Waals surface area (Å²) < 4.78 is 5.72. The molecule has 2 atom stereocenters. The molecule has 1 saturated heterocycles. The van der Waals surface area contributed by atoms with Crippen molar-refractivity contribution < 1.29 is 4.74 Å². The first-order valence-corrected chi connectivity index (χ1v) is 7.61. The lowest BCUT2D eigenvalue weighted by atomic mass is 10.1. The third-order valence-electron chi connectivity index (χ3n) is 3.65. The molecule has 3 nitrogen and oxygen atoms in total. The molecule has 1 rings (SSSR count). The highest BCUT2D eigenvalue weighted by Gasteiger charge is 2.15. The second-order valence-electron chi connectivity index (χ2n) is 6.30. The van der Waals surface area contributed by atoms with Gasteiger partial charge in [-0.3, -0.25) is 0 Å². The minimum atomic E-state index is 0.650. The van der Waals surface area contributed by atoms with E-state index in [1.165, 1.54) is 25.9 Å². The van der Waals surface area contributed by atoms with E-state index in [0.717, 1.165) is 38.1 Å². The van der Waals surface area contributed by atoms with E-state index < -0.39 is 0 Å². The van der Waals surface area contributed by atoms with Crippen LogP contribution in [0.25, 0.3) is 0 Å². The van der Waals surface area contributed by atoms with Crippen LogP contribution in [0.3, 0.4) is 0 Å². The van der Waals surface area contributed by atoms with Crippen molar-refractivity contribution in [3.05, 3.63) is 0 Å². The number of rotatable bonds is 6. The fourth-order valence-corrected chi connectivity index (χ4v) is 2.30. The monoisotopic (exact) mass is 256 g/mol. The minimum Gasteiger partial charge on any atom is -0.380 e. The normalized spacial score (nSPS) is 27.2. The van der Waals surface area contributed by atoms with Gasteiger partial charge in [-0.15, -0.1) is 0 Å². The van der Waals surface area contributed by atoms with Crippen molar-refractivity contribution >= 4 is 0 Å². The third-order valence-corrected chi connectivity index (χ3v) is 3.65. The maximum Gasteiger partial charge on any atom is 0.0593 e. The molecule has 0 amide bonds. The molecule has 0 aliphatic carbocycles. The molecule has 0 saturated carbocycles. The lowest BCUT2D eigenvalue weighted by molar-refractivity contribution is 0.0869. The van der Waals surface area contributed by atoms with Gasteiger partial charge in [0.05, 0.1) is 6.61 Å². The molecule has 0 aromatic heterocycles. The maximum atomic E-state index is 5.72. The summed E-state index contributed by atoms with van der Waals surface area (Å²) in [6, 6.07) is 0.650. The molecule has 18 heavy (non-hydrogen) atoms. The second kappa shape index (κ2) is 8.89. The van der Waals surface area contributed by atoms with E-state index >= 15 is 0 Å². The Morgan fingerprint density at radius 2 is 2.06 bits per heavy atom. The largest absolute Gasteiger partial charge is 0.380 e. The van der Waals surface area contributed by atoms with Gasteiger partial charge in [-0.1, -0.05) is 20.8 Å². The van der Waals surface area contributed by atoms with Crippen LogP contribution in [-0.2, 0) is 4.74 Å². The highest BCUT2D eigenvalue weighted by molar-refractivity contribution is 4.73. The van der Waals surface area contributed by atoms with Gasteiger partial charge >= 0.3 is 0 Å². The summed E-state index contributed by atoms with van der Waals surface area (Å²) in [6.45, 7) is 15.6. The predicted octanol–water partition coefficient (Wildman–Crippen LogP) is 2.37.